The van der Waals surface area contributed by atoms with Gasteiger partial charge in [0.2, 0.25) is 5.91 Å². The molecule has 2 amide bonds. The minimum Gasteiger partial charge on any atom is -0.287 e. The van der Waals surface area contributed by atoms with Gasteiger partial charge >= 0.3 is 0 Å². The van der Waals surface area contributed by atoms with E-state index >= 15 is 0 Å². The number of hydrogen-bond acceptors (Lipinski definition) is 5. The third-order valence-corrected chi connectivity index (χ3v) is 3.59. The summed E-state index contributed by atoms with van der Waals surface area (Å²) in [6.45, 7) is 4.65. The van der Waals surface area contributed by atoms with Crippen LogP contribution in [0.5, 0.6) is 0 Å². The van der Waals surface area contributed by atoms with Gasteiger partial charge in [-0.3, -0.25) is 29.8 Å². The number of nitrogens with zero attached hydrogens (tertiary/aromatic N) is 2. The molecular formula is C12H14N4O3S. The molecule has 0 aromatic carbocycles. The summed E-state index contributed by atoms with van der Waals surface area (Å²) in [6, 6.07) is 1.76. The van der Waals surface area contributed by atoms with Crippen LogP contribution in [0, 0.1) is 13.8 Å². The molecule has 0 atom stereocenters. The zero-order valence-electron chi connectivity index (χ0n) is 11.3. The number of fused-ring (bicyclic) bond motifs is 1. The second-order valence-electron chi connectivity index (χ2n) is 4.36. The molecule has 0 aliphatic heterocycles. The van der Waals surface area contributed by atoms with Crippen molar-refractivity contribution in [3.05, 3.63) is 27.1 Å². The van der Waals surface area contributed by atoms with E-state index in [0.717, 1.165) is 4.88 Å². The van der Waals surface area contributed by atoms with Gasteiger partial charge < -0.3 is 0 Å². The summed E-state index contributed by atoms with van der Waals surface area (Å²) >= 11 is 1.44. The Labute approximate surface area is 118 Å². The normalized spacial score (nSPS) is 10.6. The highest BCUT2D eigenvalue weighted by Gasteiger charge is 2.13. The molecule has 106 valence electrons. The molecule has 0 unspecified atom stereocenters. The quantitative estimate of drug-likeness (QED) is 0.776. The van der Waals surface area contributed by atoms with E-state index in [1.165, 1.54) is 22.8 Å². The Bertz CT molecular complexity index is 747. The number of aromatic nitrogens is 2. The number of carbonyl (C=O) groups is 2. The molecule has 0 aliphatic carbocycles. The smallest absolute Gasteiger partial charge is 0.262 e. The van der Waals surface area contributed by atoms with E-state index in [1.54, 1.807) is 13.0 Å². The zero-order valence-corrected chi connectivity index (χ0v) is 12.1. The predicted octanol–water partition coefficient (Wildman–Crippen LogP) is 0.242. The molecule has 2 rings (SSSR count). The summed E-state index contributed by atoms with van der Waals surface area (Å²) in [6.07, 6.45) is 0. The lowest BCUT2D eigenvalue weighted by Gasteiger charge is -2.09. The number of rotatable bonds is 2. The van der Waals surface area contributed by atoms with E-state index in [-0.39, 0.29) is 18.0 Å². The monoisotopic (exact) mass is 294 g/mol. The molecule has 0 bridgehead atoms. The highest BCUT2D eigenvalue weighted by molar-refractivity contribution is 7.18. The molecule has 0 radical (unpaired) electrons. The fraction of sp³-hybridized carbons (Fsp3) is 0.333. The van der Waals surface area contributed by atoms with E-state index in [1.807, 2.05) is 6.92 Å². The molecule has 0 aliphatic rings. The van der Waals surface area contributed by atoms with Crippen molar-refractivity contribution in [2.75, 3.05) is 0 Å². The highest BCUT2D eigenvalue weighted by Crippen LogP contribution is 2.20. The molecule has 0 fully saturated rings. The molecule has 0 saturated carbocycles. The van der Waals surface area contributed by atoms with Crippen molar-refractivity contribution in [3.8, 4) is 0 Å². The predicted molar refractivity (Wildman–Crippen MR) is 75.3 cm³/mol. The number of thiophene rings is 1. The van der Waals surface area contributed by atoms with E-state index in [4.69, 9.17) is 0 Å². The Morgan fingerprint density at radius 3 is 2.70 bits per heavy atom. The average molecular weight is 294 g/mol. The van der Waals surface area contributed by atoms with Crippen LogP contribution in [-0.2, 0) is 16.1 Å². The largest absolute Gasteiger partial charge is 0.287 e. The Kier molecular flexibility index (Phi) is 3.84. The summed E-state index contributed by atoms with van der Waals surface area (Å²) in [5.74, 6) is -0.412. The van der Waals surface area contributed by atoms with Gasteiger partial charge in [0.1, 0.15) is 17.2 Å². The van der Waals surface area contributed by atoms with Crippen molar-refractivity contribution in [3.63, 3.8) is 0 Å². The number of amides is 2. The van der Waals surface area contributed by atoms with Crippen LogP contribution in [0.4, 0.5) is 0 Å². The number of carbonyl (C=O) groups excluding carboxylic acids is 2. The lowest BCUT2D eigenvalue weighted by molar-refractivity contribution is -0.128. The van der Waals surface area contributed by atoms with Gasteiger partial charge in [-0.2, -0.15) is 0 Å². The number of nitrogens with one attached hydrogen (secondary N) is 2. The Balaban J connectivity index is 2.32. The SMILES string of the molecule is CC(=O)NNC(=O)Cn1c(C)nc2sc(C)cc2c1=O. The van der Waals surface area contributed by atoms with Gasteiger partial charge in [-0.05, 0) is 19.9 Å². The molecule has 2 N–H and O–H groups in total. The lowest BCUT2D eigenvalue weighted by atomic mass is 10.3. The summed E-state index contributed by atoms with van der Waals surface area (Å²) < 4.78 is 1.28. The van der Waals surface area contributed by atoms with Gasteiger partial charge in [-0.15, -0.1) is 11.3 Å². The van der Waals surface area contributed by atoms with Crippen LogP contribution in [0.15, 0.2) is 10.9 Å². The van der Waals surface area contributed by atoms with Crippen LogP contribution in [0.3, 0.4) is 0 Å². The first-order valence-electron chi connectivity index (χ1n) is 5.91. The Morgan fingerprint density at radius 2 is 2.05 bits per heavy atom. The fourth-order valence-electron chi connectivity index (χ4n) is 1.76. The third-order valence-electron chi connectivity index (χ3n) is 2.64. The zero-order chi connectivity index (χ0) is 14.9. The first-order valence-corrected chi connectivity index (χ1v) is 6.73. The molecular weight excluding hydrogens is 280 g/mol. The molecule has 7 nitrogen and oxygen atoms in total. The van der Waals surface area contributed by atoms with Crippen molar-refractivity contribution in [1.29, 1.82) is 0 Å². The average Bonchev–Trinajstić information content (AvgIpc) is 2.72. The van der Waals surface area contributed by atoms with Crippen molar-refractivity contribution < 1.29 is 9.59 Å². The van der Waals surface area contributed by atoms with Gasteiger partial charge in [0, 0.05) is 11.8 Å². The summed E-state index contributed by atoms with van der Waals surface area (Å²) in [5, 5.41) is 0.505. The van der Waals surface area contributed by atoms with Crippen molar-refractivity contribution >= 4 is 33.4 Å². The first-order chi connectivity index (χ1) is 9.38. The van der Waals surface area contributed by atoms with Crippen molar-refractivity contribution in [2.45, 2.75) is 27.3 Å². The Morgan fingerprint density at radius 1 is 1.35 bits per heavy atom. The summed E-state index contributed by atoms with van der Waals surface area (Å²) in [5.41, 5.74) is 4.13. The maximum atomic E-state index is 12.3. The van der Waals surface area contributed by atoms with E-state index in [9.17, 15) is 14.4 Å². The van der Waals surface area contributed by atoms with E-state index in [0.29, 0.717) is 16.0 Å². The minimum atomic E-state index is -0.487. The third kappa shape index (κ3) is 2.85. The number of hydrazine groups is 1. The fourth-order valence-corrected chi connectivity index (χ4v) is 2.68. The first kappa shape index (κ1) is 14.2. The standard InChI is InChI=1S/C12H14N4O3S/c1-6-4-9-11(20-6)13-7(2)16(12(9)19)5-10(18)15-14-8(3)17/h4H,5H2,1-3H3,(H,14,17)(H,15,18). The second-order valence-corrected chi connectivity index (χ2v) is 5.59. The van der Waals surface area contributed by atoms with Crippen molar-refractivity contribution in [2.24, 2.45) is 0 Å². The summed E-state index contributed by atoms with van der Waals surface area (Å²) in [7, 11) is 0. The Hall–Kier alpha value is -2.22. The van der Waals surface area contributed by atoms with Crippen LogP contribution in [0.25, 0.3) is 10.2 Å². The molecule has 0 saturated heterocycles. The van der Waals surface area contributed by atoms with Crippen molar-refractivity contribution in [1.82, 2.24) is 20.4 Å². The van der Waals surface area contributed by atoms with Crippen LogP contribution in [0.2, 0.25) is 0 Å². The van der Waals surface area contributed by atoms with Crippen LogP contribution < -0.4 is 16.4 Å². The molecule has 0 spiro atoms. The van der Waals surface area contributed by atoms with E-state index in [2.05, 4.69) is 15.8 Å². The molecule has 8 heteroatoms. The molecule has 2 aromatic rings. The second kappa shape index (κ2) is 5.41. The van der Waals surface area contributed by atoms with Gasteiger partial charge in [0.25, 0.3) is 11.5 Å². The number of aryl methyl sites for hydroxylation is 2. The highest BCUT2D eigenvalue weighted by atomic mass is 32.1. The maximum absolute atomic E-state index is 12.3. The van der Waals surface area contributed by atoms with Crippen LogP contribution in [0.1, 0.15) is 17.6 Å². The van der Waals surface area contributed by atoms with Gasteiger partial charge in [-0.25, -0.2) is 4.98 Å². The van der Waals surface area contributed by atoms with Crippen LogP contribution in [-0.4, -0.2) is 21.4 Å². The topological polar surface area (TPSA) is 93.1 Å². The lowest BCUT2D eigenvalue weighted by Crippen LogP contribution is -2.43. The van der Waals surface area contributed by atoms with Gasteiger partial charge in [0.15, 0.2) is 0 Å². The maximum Gasteiger partial charge on any atom is 0.262 e. The minimum absolute atomic E-state index is 0.192. The molecule has 2 aromatic heterocycles. The number of hydrogen-bond donors (Lipinski definition) is 2. The van der Waals surface area contributed by atoms with Crippen LogP contribution >= 0.6 is 11.3 Å². The summed E-state index contributed by atoms with van der Waals surface area (Å²) in [4.78, 5) is 40.6. The van der Waals surface area contributed by atoms with Gasteiger partial charge in [0.05, 0.1) is 5.39 Å². The van der Waals surface area contributed by atoms with Gasteiger partial charge in [-0.1, -0.05) is 0 Å². The van der Waals surface area contributed by atoms with E-state index < -0.39 is 5.91 Å². The molecule has 2 heterocycles. The molecule has 20 heavy (non-hydrogen) atoms.